The first-order chi connectivity index (χ1) is 8.09. The number of hydrogen-bond acceptors (Lipinski definition) is 3. The van der Waals surface area contributed by atoms with Crippen LogP contribution < -0.4 is 0 Å². The predicted octanol–water partition coefficient (Wildman–Crippen LogP) is 2.14. The summed E-state index contributed by atoms with van der Waals surface area (Å²) in [7, 11) is 1.97. The number of para-hydroxylation sites is 1. The Bertz CT molecular complexity index is 397. The highest BCUT2D eigenvalue weighted by Gasteiger charge is 2.28. The Hall–Kier alpha value is -1.13. The first-order valence-corrected chi connectivity index (χ1v) is 5.88. The second kappa shape index (κ2) is 5.02. The van der Waals surface area contributed by atoms with Crippen LogP contribution in [0.25, 0.3) is 0 Å². The Morgan fingerprint density at radius 1 is 1.53 bits per heavy atom. The minimum absolute atomic E-state index is 0.190. The van der Waals surface area contributed by atoms with Crippen LogP contribution in [0, 0.1) is 5.82 Å². The summed E-state index contributed by atoms with van der Waals surface area (Å²) in [6, 6.07) is 4.96. The molecule has 2 atom stereocenters. The molecule has 0 amide bonds. The van der Waals surface area contributed by atoms with E-state index in [4.69, 9.17) is 4.74 Å². The molecule has 0 bridgehead atoms. The molecular weight excluding hydrogens is 221 g/mol. The molecule has 2 unspecified atom stereocenters. The monoisotopic (exact) mass is 239 g/mol. The largest absolute Gasteiger partial charge is 0.505 e. The lowest BCUT2D eigenvalue weighted by Crippen LogP contribution is -2.36. The summed E-state index contributed by atoms with van der Waals surface area (Å²) in [5.41, 5.74) is 0.617. The molecule has 2 rings (SSSR count). The summed E-state index contributed by atoms with van der Waals surface area (Å²) < 4.78 is 18.7. The number of nitrogens with zero attached hydrogens (tertiary/aromatic N) is 1. The van der Waals surface area contributed by atoms with Crippen molar-refractivity contribution in [3.8, 4) is 5.75 Å². The van der Waals surface area contributed by atoms with Crippen LogP contribution in [0.1, 0.15) is 18.9 Å². The summed E-state index contributed by atoms with van der Waals surface area (Å²) >= 11 is 0. The molecule has 1 aromatic carbocycles. The lowest BCUT2D eigenvalue weighted by atomic mass is 10.1. The molecule has 17 heavy (non-hydrogen) atoms. The number of phenolic OH excluding ortho intramolecular Hbond substituents is 1. The zero-order valence-electron chi connectivity index (χ0n) is 10.2. The second-order valence-corrected chi connectivity index (χ2v) is 4.59. The van der Waals surface area contributed by atoms with Crippen molar-refractivity contribution >= 4 is 0 Å². The lowest BCUT2D eigenvalue weighted by molar-refractivity contribution is 0.0811. The van der Waals surface area contributed by atoms with Crippen molar-refractivity contribution in [1.29, 1.82) is 0 Å². The van der Waals surface area contributed by atoms with E-state index >= 15 is 0 Å². The number of halogens is 1. The molecule has 1 aromatic rings. The van der Waals surface area contributed by atoms with Gasteiger partial charge in [-0.2, -0.15) is 0 Å². The molecule has 0 aromatic heterocycles. The molecule has 1 N–H and O–H groups in total. The van der Waals surface area contributed by atoms with Crippen LogP contribution >= 0.6 is 0 Å². The predicted molar refractivity (Wildman–Crippen MR) is 63.4 cm³/mol. The molecule has 94 valence electrons. The van der Waals surface area contributed by atoms with Crippen molar-refractivity contribution in [3.05, 3.63) is 29.6 Å². The van der Waals surface area contributed by atoms with Crippen LogP contribution in [0.3, 0.4) is 0 Å². The van der Waals surface area contributed by atoms with E-state index in [1.54, 1.807) is 12.1 Å². The summed E-state index contributed by atoms with van der Waals surface area (Å²) in [6.07, 6.45) is 1.17. The Balaban J connectivity index is 2.07. The van der Waals surface area contributed by atoms with Gasteiger partial charge in [0, 0.05) is 24.8 Å². The number of rotatable bonds is 3. The summed E-state index contributed by atoms with van der Waals surface area (Å²) in [5.74, 6) is -0.808. The minimum atomic E-state index is -0.563. The Morgan fingerprint density at radius 2 is 2.29 bits per heavy atom. The fourth-order valence-electron chi connectivity index (χ4n) is 2.37. The topological polar surface area (TPSA) is 32.7 Å². The number of likely N-dealkylation sites (N-methyl/N-ethyl adjacent to an activating group) is 1. The molecule has 1 saturated heterocycles. The van der Waals surface area contributed by atoms with Crippen LogP contribution in [-0.4, -0.2) is 35.8 Å². The quantitative estimate of drug-likeness (QED) is 0.877. The maximum absolute atomic E-state index is 13.2. The van der Waals surface area contributed by atoms with Crippen molar-refractivity contribution < 1.29 is 14.2 Å². The van der Waals surface area contributed by atoms with E-state index in [2.05, 4.69) is 4.90 Å². The van der Waals surface area contributed by atoms with Gasteiger partial charge in [0.15, 0.2) is 11.6 Å². The smallest absolute Gasteiger partial charge is 0.165 e. The maximum Gasteiger partial charge on any atom is 0.165 e. The molecule has 1 aliphatic heterocycles. The SMILES string of the molecule is CC1OCCC1N(C)Cc1cccc(F)c1O. The fraction of sp³-hybridized carbons (Fsp3) is 0.538. The molecule has 1 aliphatic rings. The van der Waals surface area contributed by atoms with E-state index in [9.17, 15) is 9.50 Å². The normalized spacial score (nSPS) is 24.5. The lowest BCUT2D eigenvalue weighted by Gasteiger charge is -2.26. The highest BCUT2D eigenvalue weighted by atomic mass is 19.1. The summed E-state index contributed by atoms with van der Waals surface area (Å²) in [4.78, 5) is 2.10. The Kier molecular flexibility index (Phi) is 3.64. The van der Waals surface area contributed by atoms with E-state index in [1.807, 2.05) is 14.0 Å². The van der Waals surface area contributed by atoms with Gasteiger partial charge in [-0.25, -0.2) is 4.39 Å². The van der Waals surface area contributed by atoms with Crippen LogP contribution in [-0.2, 0) is 11.3 Å². The molecule has 1 heterocycles. The highest BCUT2D eigenvalue weighted by Crippen LogP contribution is 2.25. The van der Waals surface area contributed by atoms with E-state index in [1.165, 1.54) is 6.07 Å². The molecule has 4 heteroatoms. The third-order valence-electron chi connectivity index (χ3n) is 3.39. The number of aromatic hydroxyl groups is 1. The zero-order chi connectivity index (χ0) is 12.4. The summed E-state index contributed by atoms with van der Waals surface area (Å²) in [5, 5.41) is 9.62. The molecule has 0 aliphatic carbocycles. The van der Waals surface area contributed by atoms with Crippen LogP contribution in [0.15, 0.2) is 18.2 Å². The highest BCUT2D eigenvalue weighted by molar-refractivity contribution is 5.33. The van der Waals surface area contributed by atoms with Gasteiger partial charge in [-0.15, -0.1) is 0 Å². The van der Waals surface area contributed by atoms with E-state index in [-0.39, 0.29) is 11.9 Å². The van der Waals surface area contributed by atoms with Gasteiger partial charge in [0.05, 0.1) is 6.10 Å². The zero-order valence-corrected chi connectivity index (χ0v) is 10.2. The van der Waals surface area contributed by atoms with Gasteiger partial charge in [0.25, 0.3) is 0 Å². The number of phenols is 1. The van der Waals surface area contributed by atoms with Gasteiger partial charge in [-0.05, 0) is 26.5 Å². The number of benzene rings is 1. The number of hydrogen-bond donors (Lipinski definition) is 1. The third kappa shape index (κ3) is 2.58. The van der Waals surface area contributed by atoms with Crippen LogP contribution in [0.5, 0.6) is 5.75 Å². The van der Waals surface area contributed by atoms with Crippen molar-refractivity contribution in [2.24, 2.45) is 0 Å². The standard InChI is InChI=1S/C13H18FNO2/c1-9-12(6-7-17-9)15(2)8-10-4-3-5-11(14)13(10)16/h3-5,9,12,16H,6-8H2,1-2H3. The van der Waals surface area contributed by atoms with Gasteiger partial charge >= 0.3 is 0 Å². The first-order valence-electron chi connectivity index (χ1n) is 5.88. The molecular formula is C13H18FNO2. The molecule has 1 fully saturated rings. The first kappa shape index (κ1) is 12.3. The second-order valence-electron chi connectivity index (χ2n) is 4.59. The van der Waals surface area contributed by atoms with E-state index < -0.39 is 5.82 Å². The van der Waals surface area contributed by atoms with Gasteiger partial charge in [0.2, 0.25) is 0 Å². The molecule has 3 nitrogen and oxygen atoms in total. The van der Waals surface area contributed by atoms with Gasteiger partial charge in [-0.3, -0.25) is 4.90 Å². The van der Waals surface area contributed by atoms with Crippen molar-refractivity contribution in [2.45, 2.75) is 32.0 Å². The van der Waals surface area contributed by atoms with Crippen molar-refractivity contribution in [2.75, 3.05) is 13.7 Å². The van der Waals surface area contributed by atoms with Crippen molar-refractivity contribution in [3.63, 3.8) is 0 Å². The molecule has 0 spiro atoms. The van der Waals surface area contributed by atoms with Gasteiger partial charge in [-0.1, -0.05) is 12.1 Å². The van der Waals surface area contributed by atoms with Crippen LogP contribution in [0.4, 0.5) is 4.39 Å². The fourth-order valence-corrected chi connectivity index (χ4v) is 2.37. The van der Waals surface area contributed by atoms with Gasteiger partial charge < -0.3 is 9.84 Å². The van der Waals surface area contributed by atoms with Crippen LogP contribution in [0.2, 0.25) is 0 Å². The summed E-state index contributed by atoms with van der Waals surface area (Å²) in [6.45, 7) is 3.34. The van der Waals surface area contributed by atoms with Crippen molar-refractivity contribution in [1.82, 2.24) is 4.90 Å². The minimum Gasteiger partial charge on any atom is -0.505 e. The Morgan fingerprint density at radius 3 is 2.94 bits per heavy atom. The number of ether oxygens (including phenoxy) is 1. The maximum atomic E-state index is 13.2. The van der Waals surface area contributed by atoms with E-state index in [0.717, 1.165) is 13.0 Å². The average molecular weight is 239 g/mol. The van der Waals surface area contributed by atoms with Gasteiger partial charge in [0.1, 0.15) is 0 Å². The molecule has 0 radical (unpaired) electrons. The third-order valence-corrected chi connectivity index (χ3v) is 3.39. The average Bonchev–Trinajstić information content (AvgIpc) is 2.71. The Labute approximate surface area is 101 Å². The molecule has 0 saturated carbocycles. The van der Waals surface area contributed by atoms with E-state index in [0.29, 0.717) is 18.2 Å².